The van der Waals surface area contributed by atoms with E-state index in [9.17, 15) is 4.79 Å². The lowest BCUT2D eigenvalue weighted by Crippen LogP contribution is -2.10. The molecule has 0 saturated heterocycles. The molecule has 2 rings (SSSR count). The molecule has 0 saturated carbocycles. The van der Waals surface area contributed by atoms with Gasteiger partial charge in [-0.3, -0.25) is 0 Å². The quantitative estimate of drug-likeness (QED) is 0.560. The van der Waals surface area contributed by atoms with Crippen molar-refractivity contribution in [1.82, 2.24) is 19.6 Å². The van der Waals surface area contributed by atoms with Crippen molar-refractivity contribution in [3.63, 3.8) is 0 Å². The van der Waals surface area contributed by atoms with Gasteiger partial charge in [0.1, 0.15) is 12.1 Å². The van der Waals surface area contributed by atoms with Crippen molar-refractivity contribution in [2.24, 2.45) is 0 Å². The van der Waals surface area contributed by atoms with Crippen LogP contribution in [0.25, 0.3) is 5.65 Å². The summed E-state index contributed by atoms with van der Waals surface area (Å²) >= 11 is 0. The van der Waals surface area contributed by atoms with Crippen LogP contribution in [-0.4, -0.2) is 26.1 Å². The lowest BCUT2D eigenvalue weighted by Gasteiger charge is -2.02. The third kappa shape index (κ3) is 1.88. The molecular formula is C9H11N5O. The van der Waals surface area contributed by atoms with Crippen LogP contribution in [0.2, 0.25) is 0 Å². The number of nitrogens with zero attached hydrogens (tertiary/aromatic N) is 3. The number of aromatic nitrogens is 4. The van der Waals surface area contributed by atoms with E-state index in [1.807, 2.05) is 6.08 Å². The summed E-state index contributed by atoms with van der Waals surface area (Å²) in [6.45, 7) is 4.39. The average molecular weight is 205 g/mol. The molecule has 0 aliphatic carbocycles. The third-order valence-corrected chi connectivity index (χ3v) is 1.96. The molecule has 15 heavy (non-hydrogen) atoms. The second-order valence-electron chi connectivity index (χ2n) is 3.04. The van der Waals surface area contributed by atoms with Crippen LogP contribution >= 0.6 is 0 Å². The smallest absolute Gasteiger partial charge is 0.348 e. The highest BCUT2D eigenvalue weighted by molar-refractivity contribution is 5.48. The predicted octanol–water partition coefficient (Wildman–Crippen LogP) is 0.406. The van der Waals surface area contributed by atoms with Gasteiger partial charge in [-0.05, 0) is 6.42 Å². The van der Waals surface area contributed by atoms with Crippen LogP contribution < -0.4 is 11.0 Å². The van der Waals surface area contributed by atoms with E-state index in [0.29, 0.717) is 11.5 Å². The minimum absolute atomic E-state index is 0.282. The summed E-state index contributed by atoms with van der Waals surface area (Å²) in [5.74, 6) is 0.698. The standard InChI is InChI=1S/C9H11N5O/c1-2-3-4-10-7-5-8-12-13-9(15)14(8)6-11-7/h2,5-6,10H,1,3-4H2,(H,13,15). The Bertz CT molecular complexity index is 527. The van der Waals surface area contributed by atoms with Gasteiger partial charge in [0.05, 0.1) is 0 Å². The molecule has 2 N–H and O–H groups in total. The molecule has 0 bridgehead atoms. The fraction of sp³-hybridized carbons (Fsp3) is 0.222. The summed E-state index contributed by atoms with van der Waals surface area (Å²) < 4.78 is 1.35. The molecule has 0 aliphatic rings. The number of hydrogen-bond donors (Lipinski definition) is 2. The van der Waals surface area contributed by atoms with Gasteiger partial charge in [0.15, 0.2) is 5.65 Å². The molecule has 0 unspecified atom stereocenters. The van der Waals surface area contributed by atoms with E-state index in [-0.39, 0.29) is 5.69 Å². The zero-order valence-corrected chi connectivity index (χ0v) is 8.10. The first kappa shape index (κ1) is 9.45. The number of nitrogens with one attached hydrogen (secondary N) is 2. The molecule has 6 heteroatoms. The van der Waals surface area contributed by atoms with E-state index in [1.165, 1.54) is 10.7 Å². The van der Waals surface area contributed by atoms with Crippen LogP contribution in [0.5, 0.6) is 0 Å². The van der Waals surface area contributed by atoms with Crippen molar-refractivity contribution >= 4 is 11.5 Å². The summed E-state index contributed by atoms with van der Waals surface area (Å²) in [5.41, 5.74) is 0.270. The van der Waals surface area contributed by atoms with Crippen molar-refractivity contribution in [2.45, 2.75) is 6.42 Å². The number of rotatable bonds is 4. The maximum atomic E-state index is 11.1. The van der Waals surface area contributed by atoms with Gasteiger partial charge in [-0.15, -0.1) is 6.58 Å². The van der Waals surface area contributed by atoms with E-state index in [0.717, 1.165) is 13.0 Å². The molecule has 6 nitrogen and oxygen atoms in total. The molecule has 2 aromatic heterocycles. The minimum Gasteiger partial charge on any atom is -0.370 e. The Morgan fingerprint density at radius 1 is 1.67 bits per heavy atom. The van der Waals surface area contributed by atoms with Crippen molar-refractivity contribution in [2.75, 3.05) is 11.9 Å². The Kier molecular flexibility index (Phi) is 2.49. The van der Waals surface area contributed by atoms with Crippen molar-refractivity contribution < 1.29 is 0 Å². The Morgan fingerprint density at radius 2 is 2.53 bits per heavy atom. The second kappa shape index (κ2) is 3.95. The van der Waals surface area contributed by atoms with Gasteiger partial charge in [-0.1, -0.05) is 6.08 Å². The molecule has 0 amide bonds. The summed E-state index contributed by atoms with van der Waals surface area (Å²) in [5, 5.41) is 9.27. The molecule has 2 aromatic rings. The average Bonchev–Trinajstić information content (AvgIpc) is 2.61. The molecule has 2 heterocycles. The van der Waals surface area contributed by atoms with Crippen LogP contribution in [0, 0.1) is 0 Å². The monoisotopic (exact) mass is 205 g/mol. The minimum atomic E-state index is -0.282. The summed E-state index contributed by atoms with van der Waals surface area (Å²) in [6.07, 6.45) is 4.13. The van der Waals surface area contributed by atoms with Gasteiger partial charge >= 0.3 is 5.69 Å². The Labute approximate surface area is 85.7 Å². The van der Waals surface area contributed by atoms with E-state index in [4.69, 9.17) is 0 Å². The Hall–Kier alpha value is -2.11. The fourth-order valence-electron chi connectivity index (χ4n) is 1.21. The highest BCUT2D eigenvalue weighted by Crippen LogP contribution is 2.03. The highest BCUT2D eigenvalue weighted by atomic mass is 16.1. The first-order valence-electron chi connectivity index (χ1n) is 4.59. The lowest BCUT2D eigenvalue weighted by molar-refractivity contribution is 0.986. The van der Waals surface area contributed by atoms with Crippen molar-refractivity contribution in [3.05, 3.63) is 35.5 Å². The van der Waals surface area contributed by atoms with Crippen molar-refractivity contribution in [1.29, 1.82) is 0 Å². The Balaban J connectivity index is 2.23. The first-order chi connectivity index (χ1) is 7.31. The van der Waals surface area contributed by atoms with Gasteiger partial charge in [-0.25, -0.2) is 19.3 Å². The van der Waals surface area contributed by atoms with Crippen LogP contribution in [0.15, 0.2) is 29.8 Å². The van der Waals surface area contributed by atoms with Gasteiger partial charge < -0.3 is 5.32 Å². The van der Waals surface area contributed by atoms with Crippen LogP contribution in [0.4, 0.5) is 5.82 Å². The maximum absolute atomic E-state index is 11.1. The van der Waals surface area contributed by atoms with Crippen molar-refractivity contribution in [3.8, 4) is 0 Å². The highest BCUT2D eigenvalue weighted by Gasteiger charge is 2.00. The molecule has 0 aliphatic heterocycles. The van der Waals surface area contributed by atoms with E-state index < -0.39 is 0 Å². The zero-order valence-electron chi connectivity index (χ0n) is 8.10. The topological polar surface area (TPSA) is 75.1 Å². The molecule has 0 radical (unpaired) electrons. The predicted molar refractivity (Wildman–Crippen MR) is 56.9 cm³/mol. The molecule has 0 fully saturated rings. The number of anilines is 1. The number of fused-ring (bicyclic) bond motifs is 1. The maximum Gasteiger partial charge on any atom is 0.348 e. The molecule has 0 aromatic carbocycles. The first-order valence-corrected chi connectivity index (χ1v) is 4.59. The molecular weight excluding hydrogens is 194 g/mol. The normalized spacial score (nSPS) is 10.4. The fourth-order valence-corrected chi connectivity index (χ4v) is 1.21. The van der Waals surface area contributed by atoms with E-state index in [1.54, 1.807) is 6.07 Å². The molecule has 78 valence electrons. The number of hydrogen-bond acceptors (Lipinski definition) is 4. The van der Waals surface area contributed by atoms with Crippen LogP contribution in [0.3, 0.4) is 0 Å². The van der Waals surface area contributed by atoms with E-state index in [2.05, 4.69) is 27.1 Å². The summed E-state index contributed by atoms with van der Waals surface area (Å²) in [7, 11) is 0. The second-order valence-corrected chi connectivity index (χ2v) is 3.04. The van der Waals surface area contributed by atoms with E-state index >= 15 is 0 Å². The van der Waals surface area contributed by atoms with Gasteiger partial charge in [0.25, 0.3) is 0 Å². The molecule has 0 spiro atoms. The largest absolute Gasteiger partial charge is 0.370 e. The van der Waals surface area contributed by atoms with Crippen LogP contribution in [-0.2, 0) is 0 Å². The Morgan fingerprint density at radius 3 is 3.33 bits per heavy atom. The van der Waals surface area contributed by atoms with Gasteiger partial charge in [0, 0.05) is 12.6 Å². The van der Waals surface area contributed by atoms with Gasteiger partial charge in [0.2, 0.25) is 0 Å². The summed E-state index contributed by atoms with van der Waals surface area (Å²) in [4.78, 5) is 15.2. The number of H-pyrrole nitrogens is 1. The van der Waals surface area contributed by atoms with Gasteiger partial charge in [-0.2, -0.15) is 5.10 Å². The SMILES string of the molecule is C=CCCNc1cc2n[nH]c(=O)n2cn1. The molecule has 0 atom stereocenters. The number of aromatic amines is 1. The van der Waals surface area contributed by atoms with Crippen LogP contribution in [0.1, 0.15) is 6.42 Å². The lowest BCUT2D eigenvalue weighted by atomic mass is 10.4. The third-order valence-electron chi connectivity index (χ3n) is 1.96. The zero-order chi connectivity index (χ0) is 10.7. The summed E-state index contributed by atoms with van der Waals surface area (Å²) in [6, 6.07) is 1.71.